The van der Waals surface area contributed by atoms with Gasteiger partial charge in [0.05, 0.1) is 11.0 Å². The Hall–Kier alpha value is -2.57. The highest BCUT2D eigenvalue weighted by molar-refractivity contribution is 6.30. The van der Waals surface area contributed by atoms with Crippen molar-refractivity contribution in [2.75, 3.05) is 13.1 Å². The zero-order valence-corrected chi connectivity index (χ0v) is 16.3. The van der Waals surface area contributed by atoms with Crippen molar-refractivity contribution in [1.29, 1.82) is 0 Å². The van der Waals surface area contributed by atoms with Gasteiger partial charge in [0.1, 0.15) is 24.7 Å². The molecule has 0 unspecified atom stereocenters. The molecule has 1 amide bonds. The van der Waals surface area contributed by atoms with Crippen molar-refractivity contribution < 1.29 is 9.53 Å². The smallest absolute Gasteiger partial charge is 0.242 e. The van der Waals surface area contributed by atoms with Crippen LogP contribution < -0.4 is 10.5 Å². The van der Waals surface area contributed by atoms with Crippen LogP contribution in [0, 0.1) is 0 Å². The summed E-state index contributed by atoms with van der Waals surface area (Å²) < 4.78 is 7.82. The number of nitrogens with two attached hydrogens (primary N) is 1. The Morgan fingerprint density at radius 2 is 1.86 bits per heavy atom. The Morgan fingerprint density at radius 3 is 2.61 bits per heavy atom. The highest BCUT2D eigenvalue weighted by atomic mass is 35.5. The largest absolute Gasteiger partial charge is 0.486 e. The van der Waals surface area contributed by atoms with Gasteiger partial charge in [-0.05, 0) is 49.2 Å². The lowest BCUT2D eigenvalue weighted by Gasteiger charge is -2.30. The number of benzene rings is 2. The van der Waals surface area contributed by atoms with Crippen molar-refractivity contribution in [2.24, 2.45) is 5.73 Å². The van der Waals surface area contributed by atoms with E-state index in [1.165, 1.54) is 0 Å². The molecule has 0 spiro atoms. The lowest BCUT2D eigenvalue weighted by atomic mass is 10.1. The van der Waals surface area contributed by atoms with Gasteiger partial charge in [-0.15, -0.1) is 0 Å². The predicted molar refractivity (Wildman–Crippen MR) is 109 cm³/mol. The zero-order chi connectivity index (χ0) is 19.5. The number of imidazole rings is 1. The number of hydrogen-bond donors (Lipinski definition) is 1. The number of carbonyl (C=O) groups is 1. The van der Waals surface area contributed by atoms with Gasteiger partial charge in [0, 0.05) is 24.2 Å². The minimum Gasteiger partial charge on any atom is -0.486 e. The maximum absolute atomic E-state index is 12.9. The van der Waals surface area contributed by atoms with Gasteiger partial charge >= 0.3 is 0 Å². The Bertz CT molecular complexity index is 962. The van der Waals surface area contributed by atoms with Gasteiger partial charge in [0.25, 0.3) is 0 Å². The quantitative estimate of drug-likeness (QED) is 0.716. The van der Waals surface area contributed by atoms with Crippen LogP contribution in [0.15, 0.2) is 48.5 Å². The van der Waals surface area contributed by atoms with E-state index in [-0.39, 0.29) is 25.1 Å². The van der Waals surface area contributed by atoms with Crippen LogP contribution in [0.2, 0.25) is 5.02 Å². The van der Waals surface area contributed by atoms with E-state index < -0.39 is 0 Å². The average molecular weight is 399 g/mol. The van der Waals surface area contributed by atoms with Gasteiger partial charge in [-0.2, -0.15) is 0 Å². The van der Waals surface area contributed by atoms with Crippen LogP contribution in [-0.2, 0) is 17.9 Å². The summed E-state index contributed by atoms with van der Waals surface area (Å²) >= 11 is 5.93. The molecule has 0 atom stereocenters. The van der Waals surface area contributed by atoms with E-state index in [9.17, 15) is 4.79 Å². The number of nitrogens with zero attached hydrogens (tertiary/aromatic N) is 3. The van der Waals surface area contributed by atoms with E-state index in [1.807, 2.05) is 45.9 Å². The molecule has 2 heterocycles. The van der Waals surface area contributed by atoms with Crippen LogP contribution in [0.5, 0.6) is 5.75 Å². The Morgan fingerprint density at radius 1 is 1.14 bits per heavy atom. The number of carbonyl (C=O) groups excluding carboxylic acids is 1. The lowest BCUT2D eigenvalue weighted by Crippen LogP contribution is -2.44. The fraction of sp³-hybridized carbons (Fsp3) is 0.333. The molecule has 6 nitrogen and oxygen atoms in total. The highest BCUT2D eigenvalue weighted by Crippen LogP contribution is 2.20. The summed E-state index contributed by atoms with van der Waals surface area (Å²) in [6, 6.07) is 15.2. The van der Waals surface area contributed by atoms with Gasteiger partial charge in [0.2, 0.25) is 5.91 Å². The molecule has 146 valence electrons. The maximum atomic E-state index is 12.9. The number of rotatable bonds is 5. The SMILES string of the molecule is NC1CCN(C(=O)Cn2c(COc3ccc(Cl)cc3)nc3ccccc32)CC1. The first-order valence-corrected chi connectivity index (χ1v) is 9.84. The fourth-order valence-electron chi connectivity index (χ4n) is 3.47. The number of fused-ring (bicyclic) bond motifs is 1. The third-order valence-corrected chi connectivity index (χ3v) is 5.35. The first-order valence-electron chi connectivity index (χ1n) is 9.46. The molecule has 1 aliphatic rings. The Kier molecular flexibility index (Phi) is 5.50. The van der Waals surface area contributed by atoms with E-state index in [0.29, 0.717) is 23.9 Å². The molecule has 2 N–H and O–H groups in total. The first kappa shape index (κ1) is 18.8. The minimum atomic E-state index is 0.0859. The summed E-state index contributed by atoms with van der Waals surface area (Å²) in [6.45, 7) is 1.94. The lowest BCUT2D eigenvalue weighted by molar-refractivity contribution is -0.132. The standard InChI is InChI=1S/C21H23ClN4O2/c22-15-5-7-17(8-6-15)28-14-20-24-18-3-1-2-4-19(18)26(20)13-21(27)25-11-9-16(23)10-12-25/h1-8,16H,9-14,23H2. The molecule has 1 aliphatic heterocycles. The second kappa shape index (κ2) is 8.20. The minimum absolute atomic E-state index is 0.0859. The molecule has 1 aromatic heterocycles. The molecule has 3 aromatic rings. The van der Waals surface area contributed by atoms with Crippen LogP contribution >= 0.6 is 11.6 Å². The molecule has 1 saturated heterocycles. The van der Waals surface area contributed by atoms with Gasteiger partial charge in [-0.25, -0.2) is 4.98 Å². The van der Waals surface area contributed by atoms with Crippen LogP contribution in [0.4, 0.5) is 0 Å². The van der Waals surface area contributed by atoms with E-state index >= 15 is 0 Å². The molecule has 28 heavy (non-hydrogen) atoms. The van der Waals surface area contributed by atoms with Gasteiger partial charge in [-0.1, -0.05) is 23.7 Å². The zero-order valence-electron chi connectivity index (χ0n) is 15.6. The predicted octanol–water partition coefficient (Wildman–Crippen LogP) is 3.22. The van der Waals surface area contributed by atoms with Gasteiger partial charge < -0.3 is 19.9 Å². The Labute approximate surface area is 168 Å². The average Bonchev–Trinajstić information content (AvgIpc) is 3.05. The summed E-state index contributed by atoms with van der Waals surface area (Å²) in [5.41, 5.74) is 7.74. The molecular formula is C21H23ClN4O2. The number of hydrogen-bond acceptors (Lipinski definition) is 4. The second-order valence-electron chi connectivity index (χ2n) is 7.06. The van der Waals surface area contributed by atoms with Crippen molar-refractivity contribution in [2.45, 2.75) is 32.0 Å². The summed E-state index contributed by atoms with van der Waals surface area (Å²) in [6.07, 6.45) is 1.70. The molecule has 2 aromatic carbocycles. The first-order chi connectivity index (χ1) is 13.6. The maximum Gasteiger partial charge on any atom is 0.242 e. The van der Waals surface area contributed by atoms with Crippen molar-refractivity contribution >= 4 is 28.5 Å². The van der Waals surface area contributed by atoms with Crippen LogP contribution in [0.1, 0.15) is 18.7 Å². The monoisotopic (exact) mass is 398 g/mol. The normalized spacial score (nSPS) is 15.1. The molecule has 0 saturated carbocycles. The topological polar surface area (TPSA) is 73.4 Å². The van der Waals surface area contributed by atoms with E-state index in [0.717, 1.165) is 29.7 Å². The third-order valence-electron chi connectivity index (χ3n) is 5.10. The van der Waals surface area contributed by atoms with Crippen LogP contribution in [0.3, 0.4) is 0 Å². The number of likely N-dealkylation sites (tertiary alicyclic amines) is 1. The van der Waals surface area contributed by atoms with Crippen molar-refractivity contribution in [3.63, 3.8) is 0 Å². The number of piperidine rings is 1. The number of ether oxygens (including phenoxy) is 1. The number of halogens is 1. The van der Waals surface area contributed by atoms with Crippen molar-refractivity contribution in [3.8, 4) is 5.75 Å². The molecule has 0 aliphatic carbocycles. The van der Waals surface area contributed by atoms with Crippen molar-refractivity contribution in [3.05, 3.63) is 59.4 Å². The summed E-state index contributed by atoms with van der Waals surface area (Å²) in [4.78, 5) is 19.4. The second-order valence-corrected chi connectivity index (χ2v) is 7.50. The number of aromatic nitrogens is 2. The van der Waals surface area contributed by atoms with Crippen LogP contribution in [-0.4, -0.2) is 39.5 Å². The summed E-state index contributed by atoms with van der Waals surface area (Å²) in [5.74, 6) is 1.51. The van der Waals surface area contributed by atoms with Crippen molar-refractivity contribution in [1.82, 2.24) is 14.5 Å². The van der Waals surface area contributed by atoms with E-state index in [1.54, 1.807) is 12.1 Å². The number of para-hydroxylation sites is 2. The molecule has 0 radical (unpaired) electrons. The molecular weight excluding hydrogens is 376 g/mol. The van der Waals surface area contributed by atoms with Crippen LogP contribution in [0.25, 0.3) is 11.0 Å². The molecule has 7 heteroatoms. The number of amides is 1. The Balaban J connectivity index is 1.54. The molecule has 1 fully saturated rings. The van der Waals surface area contributed by atoms with Gasteiger partial charge in [0.15, 0.2) is 0 Å². The summed E-state index contributed by atoms with van der Waals surface area (Å²) in [5, 5.41) is 0.659. The van der Waals surface area contributed by atoms with E-state index in [2.05, 4.69) is 4.98 Å². The third kappa shape index (κ3) is 4.13. The van der Waals surface area contributed by atoms with E-state index in [4.69, 9.17) is 22.1 Å². The fourth-order valence-corrected chi connectivity index (χ4v) is 3.60. The summed E-state index contributed by atoms with van der Waals surface area (Å²) in [7, 11) is 0. The highest BCUT2D eigenvalue weighted by Gasteiger charge is 2.22. The molecule has 0 bridgehead atoms. The van der Waals surface area contributed by atoms with Gasteiger partial charge in [-0.3, -0.25) is 4.79 Å². The molecule has 4 rings (SSSR count).